The first-order chi connectivity index (χ1) is 8.72. The van der Waals surface area contributed by atoms with Crippen molar-refractivity contribution >= 4 is 11.5 Å². The van der Waals surface area contributed by atoms with Gasteiger partial charge in [-0.05, 0) is 32.8 Å². The zero-order chi connectivity index (χ0) is 13.4. The second-order valence-electron chi connectivity index (χ2n) is 4.73. The molecule has 1 atom stereocenters. The third-order valence-electron chi connectivity index (χ3n) is 3.31. The fourth-order valence-electron chi connectivity index (χ4n) is 2.03. The molecule has 0 aliphatic rings. The van der Waals surface area contributed by atoms with Crippen molar-refractivity contribution < 1.29 is 0 Å². The molecule has 102 valence electrons. The van der Waals surface area contributed by atoms with Gasteiger partial charge in [0, 0.05) is 37.1 Å². The second kappa shape index (κ2) is 7.96. The van der Waals surface area contributed by atoms with Crippen LogP contribution >= 0.6 is 0 Å². The van der Waals surface area contributed by atoms with E-state index >= 15 is 0 Å². The van der Waals surface area contributed by atoms with Gasteiger partial charge in [0.05, 0.1) is 0 Å². The average molecular weight is 249 g/mol. The molecular weight excluding hydrogens is 222 g/mol. The molecular formula is C15H27N3. The van der Waals surface area contributed by atoms with Crippen LogP contribution in [-0.2, 0) is 0 Å². The van der Waals surface area contributed by atoms with Crippen LogP contribution in [0.4, 0.5) is 11.5 Å². The second-order valence-corrected chi connectivity index (χ2v) is 4.73. The van der Waals surface area contributed by atoms with Gasteiger partial charge in [-0.2, -0.15) is 0 Å². The lowest BCUT2D eigenvalue weighted by Gasteiger charge is -2.31. The molecule has 1 N–H and O–H groups in total. The Morgan fingerprint density at radius 2 is 2.11 bits per heavy atom. The Bertz CT molecular complexity index is 338. The minimum atomic E-state index is 0.577. The molecule has 0 aromatic carbocycles. The third kappa shape index (κ3) is 4.21. The molecule has 18 heavy (non-hydrogen) atoms. The smallest absolute Gasteiger partial charge is 0.127 e. The summed E-state index contributed by atoms with van der Waals surface area (Å²) in [5, 5.41) is 3.28. The van der Waals surface area contributed by atoms with Crippen molar-refractivity contribution in [3.05, 3.63) is 18.3 Å². The Labute approximate surface area is 112 Å². The highest BCUT2D eigenvalue weighted by atomic mass is 15.2. The largest absolute Gasteiger partial charge is 0.370 e. The summed E-state index contributed by atoms with van der Waals surface area (Å²) in [5.41, 5.74) is 1.28. The van der Waals surface area contributed by atoms with Gasteiger partial charge < -0.3 is 10.2 Å². The van der Waals surface area contributed by atoms with Crippen molar-refractivity contribution in [2.45, 2.75) is 53.0 Å². The first-order valence-corrected chi connectivity index (χ1v) is 7.19. The topological polar surface area (TPSA) is 28.2 Å². The SMILES string of the molecule is CCCCN(c1ccnc(NCC)c1)C(C)CC. The van der Waals surface area contributed by atoms with E-state index < -0.39 is 0 Å². The summed E-state index contributed by atoms with van der Waals surface area (Å²) in [6.07, 6.45) is 5.54. The summed E-state index contributed by atoms with van der Waals surface area (Å²) < 4.78 is 0. The molecule has 3 heteroatoms. The number of nitrogens with zero attached hydrogens (tertiary/aromatic N) is 2. The molecule has 1 aromatic rings. The van der Waals surface area contributed by atoms with E-state index in [1.807, 2.05) is 6.20 Å². The Balaban J connectivity index is 2.85. The number of nitrogens with one attached hydrogen (secondary N) is 1. The van der Waals surface area contributed by atoms with E-state index in [0.717, 1.165) is 18.9 Å². The molecule has 1 heterocycles. The molecule has 1 rings (SSSR count). The van der Waals surface area contributed by atoms with Crippen LogP contribution in [0.3, 0.4) is 0 Å². The van der Waals surface area contributed by atoms with Crippen molar-refractivity contribution in [3.8, 4) is 0 Å². The van der Waals surface area contributed by atoms with Gasteiger partial charge >= 0.3 is 0 Å². The summed E-state index contributed by atoms with van der Waals surface area (Å²) in [5.74, 6) is 0.972. The number of unbranched alkanes of at least 4 members (excludes halogenated alkanes) is 1. The lowest BCUT2D eigenvalue weighted by atomic mass is 10.1. The van der Waals surface area contributed by atoms with E-state index in [4.69, 9.17) is 0 Å². The van der Waals surface area contributed by atoms with Gasteiger partial charge in [-0.3, -0.25) is 0 Å². The maximum atomic E-state index is 4.34. The maximum absolute atomic E-state index is 4.34. The van der Waals surface area contributed by atoms with Gasteiger partial charge in [-0.15, -0.1) is 0 Å². The summed E-state index contributed by atoms with van der Waals surface area (Å²) in [6.45, 7) is 10.9. The zero-order valence-electron chi connectivity index (χ0n) is 12.2. The van der Waals surface area contributed by atoms with Crippen LogP contribution in [0.2, 0.25) is 0 Å². The molecule has 0 spiro atoms. The van der Waals surface area contributed by atoms with Crippen molar-refractivity contribution in [1.29, 1.82) is 0 Å². The van der Waals surface area contributed by atoms with E-state index in [2.05, 4.69) is 55.0 Å². The van der Waals surface area contributed by atoms with Crippen molar-refractivity contribution in [2.75, 3.05) is 23.3 Å². The number of rotatable bonds is 8. The Morgan fingerprint density at radius 3 is 2.72 bits per heavy atom. The number of aromatic nitrogens is 1. The Hall–Kier alpha value is -1.25. The molecule has 0 fully saturated rings. The molecule has 0 saturated heterocycles. The summed E-state index contributed by atoms with van der Waals surface area (Å²) in [6, 6.07) is 4.85. The number of pyridine rings is 1. The first kappa shape index (κ1) is 14.8. The van der Waals surface area contributed by atoms with Crippen molar-refractivity contribution in [2.24, 2.45) is 0 Å². The van der Waals surface area contributed by atoms with Crippen LogP contribution < -0.4 is 10.2 Å². The van der Waals surface area contributed by atoms with Crippen LogP contribution in [-0.4, -0.2) is 24.1 Å². The molecule has 0 aliphatic heterocycles. The fourth-order valence-corrected chi connectivity index (χ4v) is 2.03. The molecule has 0 bridgehead atoms. The third-order valence-corrected chi connectivity index (χ3v) is 3.31. The number of hydrogen-bond acceptors (Lipinski definition) is 3. The highest BCUT2D eigenvalue weighted by Crippen LogP contribution is 2.21. The zero-order valence-corrected chi connectivity index (χ0v) is 12.2. The average Bonchev–Trinajstić information content (AvgIpc) is 2.39. The molecule has 0 amide bonds. The number of hydrogen-bond donors (Lipinski definition) is 1. The predicted octanol–water partition coefficient (Wildman–Crippen LogP) is 3.92. The molecule has 1 unspecified atom stereocenters. The van der Waals surface area contributed by atoms with Gasteiger partial charge in [0.2, 0.25) is 0 Å². The quantitative estimate of drug-likeness (QED) is 0.757. The summed E-state index contributed by atoms with van der Waals surface area (Å²) in [7, 11) is 0. The van der Waals surface area contributed by atoms with Crippen LogP contribution in [0.25, 0.3) is 0 Å². The van der Waals surface area contributed by atoms with E-state index in [1.54, 1.807) is 0 Å². The Kier molecular flexibility index (Phi) is 6.55. The van der Waals surface area contributed by atoms with E-state index in [-0.39, 0.29) is 0 Å². The van der Waals surface area contributed by atoms with Crippen LogP contribution in [0.5, 0.6) is 0 Å². The monoisotopic (exact) mass is 249 g/mol. The summed E-state index contributed by atoms with van der Waals surface area (Å²) in [4.78, 5) is 6.83. The van der Waals surface area contributed by atoms with Crippen molar-refractivity contribution in [3.63, 3.8) is 0 Å². The number of anilines is 2. The molecule has 0 saturated carbocycles. The summed E-state index contributed by atoms with van der Waals surface area (Å²) >= 11 is 0. The van der Waals surface area contributed by atoms with Crippen molar-refractivity contribution in [1.82, 2.24) is 4.98 Å². The fraction of sp³-hybridized carbons (Fsp3) is 0.667. The van der Waals surface area contributed by atoms with E-state index in [9.17, 15) is 0 Å². The lowest BCUT2D eigenvalue weighted by Crippen LogP contribution is -2.33. The highest BCUT2D eigenvalue weighted by molar-refractivity contribution is 5.54. The first-order valence-electron chi connectivity index (χ1n) is 7.19. The highest BCUT2D eigenvalue weighted by Gasteiger charge is 2.12. The molecule has 0 radical (unpaired) electrons. The minimum absolute atomic E-state index is 0.577. The van der Waals surface area contributed by atoms with Gasteiger partial charge in [0.25, 0.3) is 0 Å². The van der Waals surface area contributed by atoms with Crippen LogP contribution in [0.15, 0.2) is 18.3 Å². The van der Waals surface area contributed by atoms with Gasteiger partial charge in [0.1, 0.15) is 5.82 Å². The molecule has 1 aromatic heterocycles. The van der Waals surface area contributed by atoms with Gasteiger partial charge in [0.15, 0.2) is 0 Å². The van der Waals surface area contributed by atoms with Gasteiger partial charge in [-0.1, -0.05) is 20.3 Å². The normalized spacial score (nSPS) is 12.2. The minimum Gasteiger partial charge on any atom is -0.370 e. The standard InChI is InChI=1S/C15H27N3/c1-5-8-11-18(13(4)6-2)14-9-10-17-15(12-14)16-7-3/h9-10,12-13H,5-8,11H2,1-4H3,(H,16,17). The maximum Gasteiger partial charge on any atom is 0.127 e. The van der Waals surface area contributed by atoms with Crippen LogP contribution in [0.1, 0.15) is 47.0 Å². The predicted molar refractivity (Wildman–Crippen MR) is 80.4 cm³/mol. The molecule has 3 nitrogen and oxygen atoms in total. The van der Waals surface area contributed by atoms with Crippen LogP contribution in [0, 0.1) is 0 Å². The van der Waals surface area contributed by atoms with E-state index in [0.29, 0.717) is 6.04 Å². The van der Waals surface area contributed by atoms with E-state index in [1.165, 1.54) is 24.9 Å². The molecule has 0 aliphatic carbocycles. The lowest BCUT2D eigenvalue weighted by molar-refractivity contribution is 0.595. The Morgan fingerprint density at radius 1 is 1.33 bits per heavy atom. The van der Waals surface area contributed by atoms with Gasteiger partial charge in [-0.25, -0.2) is 4.98 Å².